The highest BCUT2D eigenvalue weighted by atomic mass is 16.5. The Hall–Kier alpha value is -3.28. The van der Waals surface area contributed by atoms with Gasteiger partial charge in [0.2, 0.25) is 5.91 Å². The zero-order valence-electron chi connectivity index (χ0n) is 14.6. The molecule has 3 aromatic rings. The minimum Gasteiger partial charge on any atom is -0.483 e. The fraction of sp³-hybridized carbons (Fsp3) is 0.200. The highest BCUT2D eigenvalue weighted by Crippen LogP contribution is 2.34. The van der Waals surface area contributed by atoms with Gasteiger partial charge in [-0.25, -0.2) is 0 Å². The predicted molar refractivity (Wildman–Crippen MR) is 99.8 cm³/mol. The lowest BCUT2D eigenvalue weighted by Gasteiger charge is -2.09. The van der Waals surface area contributed by atoms with Crippen LogP contribution in [0.3, 0.4) is 0 Å². The Bertz CT molecular complexity index is 961. The Labute approximate surface area is 151 Å². The quantitative estimate of drug-likeness (QED) is 0.680. The summed E-state index contributed by atoms with van der Waals surface area (Å²) < 4.78 is 7.71. The van der Waals surface area contributed by atoms with Crippen molar-refractivity contribution < 1.29 is 14.3 Å². The van der Waals surface area contributed by atoms with Crippen molar-refractivity contribution >= 4 is 22.7 Å². The van der Waals surface area contributed by atoms with Gasteiger partial charge in [0.15, 0.2) is 6.61 Å². The summed E-state index contributed by atoms with van der Waals surface area (Å²) in [5.41, 5.74) is 14.5. The number of nitrogens with two attached hydrogens (primary N) is 2. The van der Waals surface area contributed by atoms with Crippen molar-refractivity contribution in [2.75, 3.05) is 6.61 Å². The number of primary amides is 2. The molecule has 0 unspecified atom stereocenters. The average Bonchev–Trinajstić information content (AvgIpc) is 2.86. The van der Waals surface area contributed by atoms with Gasteiger partial charge in [0.1, 0.15) is 5.75 Å². The zero-order valence-corrected chi connectivity index (χ0v) is 14.6. The van der Waals surface area contributed by atoms with Gasteiger partial charge in [-0.05, 0) is 30.2 Å². The van der Waals surface area contributed by atoms with Crippen LogP contribution in [-0.2, 0) is 22.6 Å². The van der Waals surface area contributed by atoms with Gasteiger partial charge in [-0.15, -0.1) is 0 Å². The Morgan fingerprint density at radius 3 is 2.38 bits per heavy atom. The number of carbonyl (C=O) groups excluding carboxylic acids is 2. The predicted octanol–water partition coefficient (Wildman–Crippen LogP) is 1.89. The van der Waals surface area contributed by atoms with Crippen LogP contribution in [0.1, 0.15) is 16.8 Å². The van der Waals surface area contributed by atoms with Crippen LogP contribution >= 0.6 is 0 Å². The van der Waals surface area contributed by atoms with Crippen molar-refractivity contribution in [1.82, 2.24) is 4.57 Å². The summed E-state index contributed by atoms with van der Waals surface area (Å²) in [6.45, 7) is 2.39. The average molecular weight is 351 g/mol. The van der Waals surface area contributed by atoms with Gasteiger partial charge in [-0.2, -0.15) is 0 Å². The van der Waals surface area contributed by atoms with Crippen LogP contribution < -0.4 is 16.2 Å². The number of hydrogen-bond acceptors (Lipinski definition) is 3. The molecule has 0 saturated carbocycles. The minimum absolute atomic E-state index is 0.0983. The number of aromatic nitrogens is 1. The van der Waals surface area contributed by atoms with Gasteiger partial charge in [0.25, 0.3) is 5.91 Å². The zero-order chi connectivity index (χ0) is 18.7. The summed E-state index contributed by atoms with van der Waals surface area (Å²) >= 11 is 0. The summed E-state index contributed by atoms with van der Waals surface area (Å²) in [5.74, 6) is -0.456. The summed E-state index contributed by atoms with van der Waals surface area (Å²) in [4.78, 5) is 22.7. The molecule has 2 aromatic carbocycles. The molecular formula is C20H21N3O3. The molecule has 1 aromatic heterocycles. The summed E-state index contributed by atoms with van der Waals surface area (Å²) in [6.07, 6.45) is 0.0983. The normalized spacial score (nSPS) is 10.8. The molecule has 0 aliphatic heterocycles. The largest absolute Gasteiger partial charge is 0.483 e. The van der Waals surface area contributed by atoms with E-state index < -0.39 is 11.8 Å². The highest BCUT2D eigenvalue weighted by Gasteiger charge is 2.19. The van der Waals surface area contributed by atoms with E-state index in [9.17, 15) is 9.59 Å². The van der Waals surface area contributed by atoms with E-state index in [1.807, 2.05) is 49.4 Å². The summed E-state index contributed by atoms with van der Waals surface area (Å²) in [6, 6.07) is 15.6. The lowest BCUT2D eigenvalue weighted by molar-refractivity contribution is -0.120. The van der Waals surface area contributed by atoms with Crippen LogP contribution in [0.4, 0.5) is 0 Å². The Kier molecular flexibility index (Phi) is 4.93. The molecule has 26 heavy (non-hydrogen) atoms. The molecule has 1 heterocycles. The third-order valence-electron chi connectivity index (χ3n) is 4.34. The molecule has 6 nitrogen and oxygen atoms in total. The van der Waals surface area contributed by atoms with Crippen LogP contribution in [0.25, 0.3) is 10.9 Å². The summed E-state index contributed by atoms with van der Waals surface area (Å²) in [7, 11) is 0. The first-order valence-electron chi connectivity index (χ1n) is 8.31. The van der Waals surface area contributed by atoms with Crippen molar-refractivity contribution in [1.29, 1.82) is 0 Å². The number of ether oxygens (including phenoxy) is 1. The van der Waals surface area contributed by atoms with E-state index in [4.69, 9.17) is 16.2 Å². The Balaban J connectivity index is 2.15. The van der Waals surface area contributed by atoms with Crippen molar-refractivity contribution in [3.8, 4) is 5.75 Å². The molecule has 0 atom stereocenters. The van der Waals surface area contributed by atoms with Crippen LogP contribution in [0, 0.1) is 6.92 Å². The van der Waals surface area contributed by atoms with E-state index in [1.165, 1.54) is 0 Å². The van der Waals surface area contributed by atoms with E-state index in [2.05, 4.69) is 4.57 Å². The highest BCUT2D eigenvalue weighted by molar-refractivity contribution is 5.95. The number of fused-ring (bicyclic) bond motifs is 1. The first-order chi connectivity index (χ1) is 12.5. The fourth-order valence-corrected chi connectivity index (χ4v) is 3.20. The van der Waals surface area contributed by atoms with Gasteiger partial charge in [-0.1, -0.05) is 36.4 Å². The van der Waals surface area contributed by atoms with E-state index in [0.717, 1.165) is 27.7 Å². The van der Waals surface area contributed by atoms with E-state index in [-0.39, 0.29) is 13.0 Å². The molecule has 0 aliphatic rings. The maximum absolute atomic E-state index is 11.6. The molecule has 0 bridgehead atoms. The minimum atomic E-state index is -0.557. The van der Waals surface area contributed by atoms with Gasteiger partial charge < -0.3 is 20.8 Å². The number of carbonyl (C=O) groups is 2. The van der Waals surface area contributed by atoms with Crippen LogP contribution in [-0.4, -0.2) is 23.0 Å². The van der Waals surface area contributed by atoms with Gasteiger partial charge in [-0.3, -0.25) is 9.59 Å². The number of hydrogen-bond donors (Lipinski definition) is 2. The topological polar surface area (TPSA) is 100 Å². The van der Waals surface area contributed by atoms with E-state index >= 15 is 0 Å². The Morgan fingerprint density at radius 1 is 1.00 bits per heavy atom. The van der Waals surface area contributed by atoms with Crippen molar-refractivity contribution in [3.05, 3.63) is 65.4 Å². The molecule has 0 fully saturated rings. The molecule has 4 N–H and O–H groups in total. The van der Waals surface area contributed by atoms with Crippen LogP contribution in [0.15, 0.2) is 48.5 Å². The molecule has 0 saturated heterocycles. The van der Waals surface area contributed by atoms with Crippen LogP contribution in [0.5, 0.6) is 5.75 Å². The first kappa shape index (κ1) is 17.5. The number of benzene rings is 2. The Morgan fingerprint density at radius 2 is 1.73 bits per heavy atom. The van der Waals surface area contributed by atoms with E-state index in [0.29, 0.717) is 12.3 Å². The molecule has 0 spiro atoms. The number of rotatable bonds is 7. The van der Waals surface area contributed by atoms with Crippen molar-refractivity contribution in [2.45, 2.75) is 19.9 Å². The standard InChI is InChI=1S/C20H21N3O3/c1-13-15(10-18(21)24)20-16(8-5-9-17(20)26-12-19(22)25)23(13)11-14-6-3-2-4-7-14/h2-9H,10-12H2,1H3,(H2,21,24)(H2,22,25). The second-order valence-corrected chi connectivity index (χ2v) is 6.18. The summed E-state index contributed by atoms with van der Waals surface area (Å²) in [5, 5.41) is 0.793. The number of amides is 2. The van der Waals surface area contributed by atoms with Gasteiger partial charge in [0.05, 0.1) is 11.9 Å². The second-order valence-electron chi connectivity index (χ2n) is 6.18. The number of nitrogens with zero attached hydrogens (tertiary/aromatic N) is 1. The second kappa shape index (κ2) is 7.31. The first-order valence-corrected chi connectivity index (χ1v) is 8.31. The molecular weight excluding hydrogens is 330 g/mol. The third kappa shape index (κ3) is 3.54. The smallest absolute Gasteiger partial charge is 0.255 e. The molecule has 3 rings (SSSR count). The molecule has 6 heteroatoms. The molecule has 0 aliphatic carbocycles. The molecule has 0 radical (unpaired) electrons. The maximum atomic E-state index is 11.6. The lowest BCUT2D eigenvalue weighted by atomic mass is 10.1. The molecule has 134 valence electrons. The third-order valence-corrected chi connectivity index (χ3v) is 4.34. The van der Waals surface area contributed by atoms with Gasteiger partial charge >= 0.3 is 0 Å². The monoisotopic (exact) mass is 351 g/mol. The van der Waals surface area contributed by atoms with Crippen LogP contribution in [0.2, 0.25) is 0 Å². The molecule has 2 amide bonds. The van der Waals surface area contributed by atoms with E-state index in [1.54, 1.807) is 6.07 Å². The maximum Gasteiger partial charge on any atom is 0.255 e. The SMILES string of the molecule is Cc1c(CC(N)=O)c2c(OCC(N)=O)cccc2n1Cc1ccccc1. The van der Waals surface area contributed by atoms with Crippen molar-refractivity contribution in [2.24, 2.45) is 11.5 Å². The van der Waals surface area contributed by atoms with Gasteiger partial charge in [0, 0.05) is 17.6 Å². The fourth-order valence-electron chi connectivity index (χ4n) is 3.20. The lowest BCUT2D eigenvalue weighted by Crippen LogP contribution is -2.20. The van der Waals surface area contributed by atoms with Crippen molar-refractivity contribution in [3.63, 3.8) is 0 Å².